The largest absolute Gasteiger partial charge is 0.369 e. The van der Waals surface area contributed by atoms with Gasteiger partial charge in [-0.15, -0.1) is 0 Å². The Morgan fingerprint density at radius 3 is 2.50 bits per heavy atom. The first-order valence-electron chi connectivity index (χ1n) is 6.75. The van der Waals surface area contributed by atoms with Crippen LogP contribution in [0.3, 0.4) is 0 Å². The van der Waals surface area contributed by atoms with E-state index in [4.69, 9.17) is 5.73 Å². The molecule has 0 saturated heterocycles. The van der Waals surface area contributed by atoms with Crippen LogP contribution in [0.1, 0.15) is 40.0 Å². The number of hydrogen-bond acceptors (Lipinski definition) is 1. The van der Waals surface area contributed by atoms with Gasteiger partial charge in [-0.05, 0) is 41.7 Å². The first kappa shape index (κ1) is 13.1. The number of primary amides is 1. The van der Waals surface area contributed by atoms with Crippen molar-refractivity contribution in [2.45, 2.75) is 40.0 Å². The molecule has 1 amide bonds. The molecule has 2 aliphatic rings. The number of carbonyl (C=O) groups excluding carboxylic acids is 1. The van der Waals surface area contributed by atoms with Crippen LogP contribution < -0.4 is 5.73 Å². The van der Waals surface area contributed by atoms with Gasteiger partial charge in [0.1, 0.15) is 0 Å². The van der Waals surface area contributed by atoms with Crippen molar-refractivity contribution in [3.8, 4) is 0 Å². The third kappa shape index (κ3) is 2.92. The Kier molecular flexibility index (Phi) is 3.47. The molecule has 0 aromatic rings. The van der Waals surface area contributed by atoms with Crippen molar-refractivity contribution < 1.29 is 4.79 Å². The smallest absolute Gasteiger partial charge is 0.220 e. The summed E-state index contributed by atoms with van der Waals surface area (Å²) in [6.45, 7) is 6.63. The van der Waals surface area contributed by atoms with Crippen LogP contribution in [0.2, 0.25) is 0 Å². The van der Waals surface area contributed by atoms with Gasteiger partial charge in [-0.1, -0.05) is 45.1 Å². The summed E-state index contributed by atoms with van der Waals surface area (Å²) in [6.07, 6.45) is 11.6. The van der Waals surface area contributed by atoms with Crippen LogP contribution in [0.15, 0.2) is 35.5 Å². The monoisotopic (exact) mass is 245 g/mol. The Labute approximate surface area is 110 Å². The summed E-state index contributed by atoms with van der Waals surface area (Å²) in [4.78, 5) is 11.6. The van der Waals surface area contributed by atoms with Crippen LogP contribution in [0.25, 0.3) is 0 Å². The zero-order chi connectivity index (χ0) is 13.3. The van der Waals surface area contributed by atoms with Gasteiger partial charge in [0.2, 0.25) is 5.91 Å². The molecule has 2 N–H and O–H groups in total. The van der Waals surface area contributed by atoms with E-state index in [1.54, 1.807) is 0 Å². The minimum atomic E-state index is -0.161. The van der Waals surface area contributed by atoms with E-state index in [-0.39, 0.29) is 17.2 Å². The lowest BCUT2D eigenvalue weighted by Crippen LogP contribution is -2.27. The minimum absolute atomic E-state index is 0.0287. The van der Waals surface area contributed by atoms with Crippen LogP contribution in [-0.2, 0) is 4.79 Å². The van der Waals surface area contributed by atoms with E-state index < -0.39 is 0 Å². The molecular weight excluding hydrogens is 222 g/mol. The molecule has 0 aromatic heterocycles. The maximum Gasteiger partial charge on any atom is 0.220 e. The summed E-state index contributed by atoms with van der Waals surface area (Å²) in [5.41, 5.74) is 8.36. The lowest BCUT2D eigenvalue weighted by Gasteiger charge is -2.25. The first-order chi connectivity index (χ1) is 8.37. The summed E-state index contributed by atoms with van der Waals surface area (Å²) in [6, 6.07) is 0. The molecule has 2 nitrogen and oxygen atoms in total. The number of allylic oxidation sites excluding steroid dienone is 6. The number of carbonyl (C=O) groups is 1. The Bertz CT molecular complexity index is 440. The number of hydrogen-bond donors (Lipinski definition) is 1. The highest BCUT2D eigenvalue weighted by Crippen LogP contribution is 2.41. The SMILES string of the molecule is CC1C=CC2=C(C=C1)CC(C)(C)CC(C(N)=O)C2. The van der Waals surface area contributed by atoms with E-state index in [1.807, 2.05) is 0 Å². The quantitative estimate of drug-likeness (QED) is 0.756. The Balaban J connectivity index is 2.37. The van der Waals surface area contributed by atoms with Gasteiger partial charge in [-0.2, -0.15) is 0 Å². The average Bonchev–Trinajstić information content (AvgIpc) is 2.49. The average molecular weight is 245 g/mol. The fraction of sp³-hybridized carbons (Fsp3) is 0.562. The van der Waals surface area contributed by atoms with Crippen LogP contribution in [-0.4, -0.2) is 5.91 Å². The highest BCUT2D eigenvalue weighted by molar-refractivity contribution is 5.77. The van der Waals surface area contributed by atoms with Crippen LogP contribution in [0.5, 0.6) is 0 Å². The fourth-order valence-corrected chi connectivity index (χ4v) is 2.98. The topological polar surface area (TPSA) is 43.1 Å². The lowest BCUT2D eigenvalue weighted by atomic mass is 9.79. The molecule has 98 valence electrons. The van der Waals surface area contributed by atoms with Gasteiger partial charge in [0.05, 0.1) is 0 Å². The normalized spacial score (nSPS) is 30.6. The molecule has 2 unspecified atom stereocenters. The van der Waals surface area contributed by atoms with E-state index in [0.717, 1.165) is 19.3 Å². The van der Waals surface area contributed by atoms with Gasteiger partial charge < -0.3 is 5.73 Å². The van der Waals surface area contributed by atoms with Gasteiger partial charge in [0.15, 0.2) is 0 Å². The maximum atomic E-state index is 11.6. The Hall–Kier alpha value is -1.31. The molecule has 0 radical (unpaired) electrons. The van der Waals surface area contributed by atoms with Crippen molar-refractivity contribution in [1.29, 1.82) is 0 Å². The second-order valence-electron chi connectivity index (χ2n) is 6.48. The standard InChI is InChI=1S/C16H23NO/c1-11-4-6-12-8-14(15(17)18)10-16(2,3)9-13(12)7-5-11/h4-7,11,14H,8-10H2,1-3H3,(H2,17,18). The molecule has 0 bridgehead atoms. The van der Waals surface area contributed by atoms with Crippen molar-refractivity contribution in [2.75, 3.05) is 0 Å². The molecule has 0 heterocycles. The summed E-state index contributed by atoms with van der Waals surface area (Å²) in [5.74, 6) is 0.275. The predicted molar refractivity (Wildman–Crippen MR) is 74.8 cm³/mol. The molecule has 0 spiro atoms. The van der Waals surface area contributed by atoms with Crippen molar-refractivity contribution >= 4 is 5.91 Å². The molecule has 2 rings (SSSR count). The van der Waals surface area contributed by atoms with E-state index in [9.17, 15) is 4.79 Å². The van der Waals surface area contributed by atoms with Crippen molar-refractivity contribution in [1.82, 2.24) is 0 Å². The number of amides is 1. The highest BCUT2D eigenvalue weighted by atomic mass is 16.1. The second-order valence-corrected chi connectivity index (χ2v) is 6.48. The van der Waals surface area contributed by atoms with Crippen LogP contribution in [0.4, 0.5) is 0 Å². The molecule has 2 aliphatic carbocycles. The minimum Gasteiger partial charge on any atom is -0.369 e. The van der Waals surface area contributed by atoms with Crippen LogP contribution in [0, 0.1) is 17.3 Å². The maximum absolute atomic E-state index is 11.6. The molecule has 0 aliphatic heterocycles. The summed E-state index contributed by atoms with van der Waals surface area (Å²) >= 11 is 0. The van der Waals surface area contributed by atoms with E-state index in [1.165, 1.54) is 11.1 Å². The van der Waals surface area contributed by atoms with E-state index in [0.29, 0.717) is 5.92 Å². The van der Waals surface area contributed by atoms with Crippen LogP contribution >= 0.6 is 0 Å². The zero-order valence-corrected chi connectivity index (χ0v) is 11.6. The summed E-state index contributed by atoms with van der Waals surface area (Å²) < 4.78 is 0. The molecule has 18 heavy (non-hydrogen) atoms. The number of rotatable bonds is 1. The predicted octanol–water partition coefficient (Wildman–Crippen LogP) is 3.36. The molecule has 0 saturated carbocycles. The second kappa shape index (κ2) is 4.75. The van der Waals surface area contributed by atoms with Gasteiger partial charge in [-0.25, -0.2) is 0 Å². The third-order valence-corrected chi connectivity index (χ3v) is 3.95. The first-order valence-corrected chi connectivity index (χ1v) is 6.75. The van der Waals surface area contributed by atoms with Gasteiger partial charge in [-0.3, -0.25) is 4.79 Å². The molecule has 2 heteroatoms. The Morgan fingerprint density at radius 2 is 1.89 bits per heavy atom. The summed E-state index contributed by atoms with van der Waals surface area (Å²) in [7, 11) is 0. The third-order valence-electron chi connectivity index (χ3n) is 3.95. The zero-order valence-electron chi connectivity index (χ0n) is 11.6. The summed E-state index contributed by atoms with van der Waals surface area (Å²) in [5, 5.41) is 0. The Morgan fingerprint density at radius 1 is 1.28 bits per heavy atom. The van der Waals surface area contributed by atoms with Gasteiger partial charge >= 0.3 is 0 Å². The fourth-order valence-electron chi connectivity index (χ4n) is 2.98. The van der Waals surface area contributed by atoms with E-state index >= 15 is 0 Å². The van der Waals surface area contributed by atoms with Crippen molar-refractivity contribution in [3.63, 3.8) is 0 Å². The van der Waals surface area contributed by atoms with Gasteiger partial charge in [0.25, 0.3) is 0 Å². The van der Waals surface area contributed by atoms with Gasteiger partial charge in [0, 0.05) is 5.92 Å². The van der Waals surface area contributed by atoms with Crippen molar-refractivity contribution in [2.24, 2.45) is 23.0 Å². The number of nitrogens with two attached hydrogens (primary N) is 1. The lowest BCUT2D eigenvalue weighted by molar-refractivity contribution is -0.122. The van der Waals surface area contributed by atoms with E-state index in [2.05, 4.69) is 45.1 Å². The molecular formula is C16H23NO. The molecule has 0 aromatic carbocycles. The highest BCUT2D eigenvalue weighted by Gasteiger charge is 2.32. The molecule has 2 atom stereocenters. The molecule has 0 fully saturated rings. The van der Waals surface area contributed by atoms with Crippen molar-refractivity contribution in [3.05, 3.63) is 35.5 Å².